The van der Waals surface area contributed by atoms with Crippen molar-refractivity contribution >= 4 is 27.3 Å². The van der Waals surface area contributed by atoms with Gasteiger partial charge in [-0.25, -0.2) is 8.42 Å². The Morgan fingerprint density at radius 2 is 1.72 bits per heavy atom. The maximum Gasteiger partial charge on any atom is 0.227 e. The van der Waals surface area contributed by atoms with E-state index in [0.717, 1.165) is 18.2 Å². The monoisotopic (exact) mass is 414 g/mol. The summed E-state index contributed by atoms with van der Waals surface area (Å²) in [5, 5.41) is 2.81. The average molecular weight is 415 g/mol. The van der Waals surface area contributed by atoms with Crippen molar-refractivity contribution in [2.75, 3.05) is 24.7 Å². The molecule has 29 heavy (non-hydrogen) atoms. The molecular formula is C22H26N2O4S. The molecule has 1 aliphatic rings. The van der Waals surface area contributed by atoms with E-state index in [1.165, 1.54) is 12.1 Å². The van der Waals surface area contributed by atoms with Crippen molar-refractivity contribution in [2.24, 2.45) is 5.92 Å². The fraction of sp³-hybridized carbons (Fsp3) is 0.364. The Morgan fingerprint density at radius 3 is 2.38 bits per heavy atom. The van der Waals surface area contributed by atoms with Crippen molar-refractivity contribution in [2.45, 2.75) is 30.6 Å². The quantitative estimate of drug-likeness (QED) is 0.788. The first-order chi connectivity index (χ1) is 13.8. The number of likely N-dealkylation sites (tertiary alicyclic amines) is 1. The molecule has 154 valence electrons. The van der Waals surface area contributed by atoms with Gasteiger partial charge in [0.15, 0.2) is 9.84 Å². The van der Waals surface area contributed by atoms with Crippen LogP contribution in [-0.4, -0.2) is 44.5 Å². The number of carbonyl (C=O) groups is 2. The Balaban J connectivity index is 1.49. The zero-order valence-electron chi connectivity index (χ0n) is 16.5. The van der Waals surface area contributed by atoms with E-state index in [1.807, 2.05) is 35.2 Å². The van der Waals surface area contributed by atoms with E-state index in [-0.39, 0.29) is 22.6 Å². The zero-order valence-corrected chi connectivity index (χ0v) is 17.3. The van der Waals surface area contributed by atoms with Gasteiger partial charge in [0.1, 0.15) is 0 Å². The molecule has 7 heteroatoms. The molecule has 3 rings (SSSR count). The molecule has 0 aromatic heterocycles. The second-order valence-corrected chi connectivity index (χ2v) is 9.45. The Labute approximate surface area is 171 Å². The average Bonchev–Trinajstić information content (AvgIpc) is 2.72. The van der Waals surface area contributed by atoms with Crippen LogP contribution in [0.4, 0.5) is 5.69 Å². The van der Waals surface area contributed by atoms with Crippen LogP contribution in [0.25, 0.3) is 0 Å². The van der Waals surface area contributed by atoms with Gasteiger partial charge in [0, 0.05) is 37.4 Å². The van der Waals surface area contributed by atoms with Crippen LogP contribution in [0.1, 0.15) is 24.8 Å². The molecule has 0 radical (unpaired) electrons. The van der Waals surface area contributed by atoms with Crippen LogP contribution in [0.2, 0.25) is 0 Å². The third-order valence-electron chi connectivity index (χ3n) is 5.22. The number of sulfone groups is 1. The summed E-state index contributed by atoms with van der Waals surface area (Å²) in [6, 6.07) is 16.2. The summed E-state index contributed by atoms with van der Waals surface area (Å²) in [6.07, 6.45) is 3.54. The summed E-state index contributed by atoms with van der Waals surface area (Å²) in [7, 11) is -3.32. The summed E-state index contributed by atoms with van der Waals surface area (Å²) >= 11 is 0. The Morgan fingerprint density at radius 1 is 1.03 bits per heavy atom. The molecule has 1 fully saturated rings. The standard InChI is InChI=1S/C22H26N2O4S/c1-29(27,28)20-9-5-8-19(16-20)23-22(26)18-12-14-24(15-13-18)21(25)11-10-17-6-3-2-4-7-17/h2-9,16,18H,10-15H2,1H3,(H,23,26). The number of carbonyl (C=O) groups excluding carboxylic acids is 2. The molecule has 0 aliphatic carbocycles. The SMILES string of the molecule is CS(=O)(=O)c1cccc(NC(=O)C2CCN(C(=O)CCc3ccccc3)CC2)c1. The molecule has 1 heterocycles. The third kappa shape index (κ3) is 5.90. The highest BCUT2D eigenvalue weighted by atomic mass is 32.2. The summed E-state index contributed by atoms with van der Waals surface area (Å²) in [4.78, 5) is 27.0. The van der Waals surface area contributed by atoms with Crippen LogP contribution in [-0.2, 0) is 25.8 Å². The number of hydrogen-bond acceptors (Lipinski definition) is 4. The van der Waals surface area contributed by atoms with Gasteiger partial charge in [-0.3, -0.25) is 9.59 Å². The van der Waals surface area contributed by atoms with Crippen molar-refractivity contribution in [1.29, 1.82) is 0 Å². The number of rotatable bonds is 6. The number of aryl methyl sites for hydroxylation is 1. The molecule has 1 aliphatic heterocycles. The van der Waals surface area contributed by atoms with E-state index in [0.29, 0.717) is 38.0 Å². The topological polar surface area (TPSA) is 83.6 Å². The van der Waals surface area contributed by atoms with Crippen molar-refractivity contribution < 1.29 is 18.0 Å². The predicted molar refractivity (Wildman–Crippen MR) is 112 cm³/mol. The van der Waals surface area contributed by atoms with Gasteiger partial charge in [-0.1, -0.05) is 36.4 Å². The van der Waals surface area contributed by atoms with E-state index in [1.54, 1.807) is 12.1 Å². The normalized spacial score (nSPS) is 15.1. The minimum Gasteiger partial charge on any atom is -0.343 e. The summed E-state index contributed by atoms with van der Waals surface area (Å²) in [5.74, 6) is -0.198. The van der Waals surface area contributed by atoms with Crippen molar-refractivity contribution in [3.8, 4) is 0 Å². The van der Waals surface area contributed by atoms with Crippen LogP contribution in [0.15, 0.2) is 59.5 Å². The third-order valence-corrected chi connectivity index (χ3v) is 6.33. The van der Waals surface area contributed by atoms with E-state index in [2.05, 4.69) is 5.32 Å². The van der Waals surface area contributed by atoms with Crippen molar-refractivity contribution in [1.82, 2.24) is 4.90 Å². The number of benzene rings is 2. The van der Waals surface area contributed by atoms with Gasteiger partial charge in [-0.05, 0) is 43.0 Å². The van der Waals surface area contributed by atoms with Gasteiger partial charge in [0.05, 0.1) is 4.90 Å². The molecule has 0 saturated carbocycles. The second kappa shape index (κ2) is 9.22. The lowest BCUT2D eigenvalue weighted by Crippen LogP contribution is -2.41. The van der Waals surface area contributed by atoms with Crippen LogP contribution >= 0.6 is 0 Å². The van der Waals surface area contributed by atoms with E-state index in [4.69, 9.17) is 0 Å². The number of hydrogen-bond donors (Lipinski definition) is 1. The van der Waals surface area contributed by atoms with Gasteiger partial charge in [-0.2, -0.15) is 0 Å². The molecule has 0 spiro atoms. The first-order valence-corrected chi connectivity index (χ1v) is 11.6. The first kappa shape index (κ1) is 21.0. The molecule has 2 aromatic carbocycles. The molecule has 2 amide bonds. The van der Waals surface area contributed by atoms with Crippen LogP contribution in [0, 0.1) is 5.92 Å². The highest BCUT2D eigenvalue weighted by molar-refractivity contribution is 7.90. The molecule has 2 aromatic rings. The molecular weight excluding hydrogens is 388 g/mol. The number of nitrogens with zero attached hydrogens (tertiary/aromatic N) is 1. The van der Waals surface area contributed by atoms with Crippen LogP contribution in [0.5, 0.6) is 0 Å². The molecule has 0 bridgehead atoms. The van der Waals surface area contributed by atoms with Crippen molar-refractivity contribution in [3.05, 3.63) is 60.2 Å². The van der Waals surface area contributed by atoms with Gasteiger partial charge < -0.3 is 10.2 Å². The van der Waals surface area contributed by atoms with E-state index in [9.17, 15) is 18.0 Å². The lowest BCUT2D eigenvalue weighted by molar-refractivity contribution is -0.134. The Hall–Kier alpha value is -2.67. The van der Waals surface area contributed by atoms with Crippen LogP contribution in [0.3, 0.4) is 0 Å². The second-order valence-electron chi connectivity index (χ2n) is 7.43. The van der Waals surface area contributed by atoms with Gasteiger partial charge in [-0.15, -0.1) is 0 Å². The van der Waals surface area contributed by atoms with Crippen LogP contribution < -0.4 is 5.32 Å². The summed E-state index contributed by atoms with van der Waals surface area (Å²) < 4.78 is 23.3. The predicted octanol–water partition coefficient (Wildman–Crippen LogP) is 2.90. The maximum absolute atomic E-state index is 12.6. The first-order valence-electron chi connectivity index (χ1n) is 9.75. The molecule has 0 atom stereocenters. The van der Waals surface area contributed by atoms with Gasteiger partial charge in [0.2, 0.25) is 11.8 Å². The minimum absolute atomic E-state index is 0.119. The zero-order chi connectivity index (χ0) is 20.9. The summed E-state index contributed by atoms with van der Waals surface area (Å²) in [6.45, 7) is 1.13. The van der Waals surface area contributed by atoms with E-state index < -0.39 is 9.84 Å². The van der Waals surface area contributed by atoms with Crippen molar-refractivity contribution in [3.63, 3.8) is 0 Å². The number of piperidine rings is 1. The molecule has 6 nitrogen and oxygen atoms in total. The maximum atomic E-state index is 12.6. The molecule has 1 N–H and O–H groups in total. The molecule has 1 saturated heterocycles. The fourth-order valence-electron chi connectivity index (χ4n) is 3.49. The Bertz CT molecular complexity index is 965. The van der Waals surface area contributed by atoms with E-state index >= 15 is 0 Å². The fourth-order valence-corrected chi connectivity index (χ4v) is 4.16. The number of nitrogens with one attached hydrogen (secondary N) is 1. The number of amides is 2. The highest BCUT2D eigenvalue weighted by Gasteiger charge is 2.27. The minimum atomic E-state index is -3.32. The summed E-state index contributed by atoms with van der Waals surface area (Å²) in [5.41, 5.74) is 1.62. The Kier molecular flexibility index (Phi) is 6.69. The van der Waals surface area contributed by atoms with Gasteiger partial charge in [0.25, 0.3) is 0 Å². The highest BCUT2D eigenvalue weighted by Crippen LogP contribution is 2.22. The smallest absolute Gasteiger partial charge is 0.227 e. The van der Waals surface area contributed by atoms with Gasteiger partial charge >= 0.3 is 0 Å². The number of anilines is 1. The molecule has 0 unspecified atom stereocenters. The lowest BCUT2D eigenvalue weighted by Gasteiger charge is -2.31. The lowest BCUT2D eigenvalue weighted by atomic mass is 9.95. The largest absolute Gasteiger partial charge is 0.343 e.